The molecule has 424 valence electrons. The number of aliphatic hydroxyl groups is 2. The molecule has 6 aromatic heterocycles. The number of hydrogen-bond acceptors (Lipinski definition) is 11. The van der Waals surface area contributed by atoms with Crippen LogP contribution in [0.25, 0.3) is 65.2 Å². The van der Waals surface area contributed by atoms with Crippen molar-refractivity contribution in [1.29, 1.82) is 0 Å². The van der Waals surface area contributed by atoms with Crippen molar-refractivity contribution in [3.05, 3.63) is 216 Å². The van der Waals surface area contributed by atoms with Crippen molar-refractivity contribution in [2.45, 2.75) is 79.2 Å². The van der Waals surface area contributed by atoms with Gasteiger partial charge in [0.1, 0.15) is 0 Å². The molecule has 4 aromatic carbocycles. The van der Waals surface area contributed by atoms with Crippen LogP contribution in [-0.2, 0) is 61.2 Å². The molecular weight excluding hydrogens is 1420 g/mol. The van der Waals surface area contributed by atoms with E-state index in [0.29, 0.717) is 0 Å². The summed E-state index contributed by atoms with van der Waals surface area (Å²) in [7, 11) is -4.09. The Morgan fingerprint density at radius 2 is 0.911 bits per heavy atom. The van der Waals surface area contributed by atoms with E-state index in [1.807, 2.05) is 120 Å². The molecule has 0 saturated carbocycles. The summed E-state index contributed by atoms with van der Waals surface area (Å²) in [4.78, 5) is 20.2. The third kappa shape index (κ3) is 22.1. The van der Waals surface area contributed by atoms with Crippen LogP contribution in [0.3, 0.4) is 0 Å². The van der Waals surface area contributed by atoms with Crippen LogP contribution in [0, 0.1) is 32.0 Å². The Morgan fingerprint density at radius 3 is 1.27 bits per heavy atom. The van der Waals surface area contributed by atoms with E-state index < -0.39 is 15.6 Å². The van der Waals surface area contributed by atoms with Crippen LogP contribution in [0.2, 0.25) is 0 Å². The summed E-state index contributed by atoms with van der Waals surface area (Å²) in [5.74, 6) is 0. The Labute approximate surface area is 499 Å². The summed E-state index contributed by atoms with van der Waals surface area (Å²) in [6.07, 6.45) is 7.37. The van der Waals surface area contributed by atoms with Gasteiger partial charge < -0.3 is 29.7 Å². The molecule has 0 aliphatic carbocycles. The molecule has 0 fully saturated rings. The molecule has 10 rings (SSSR count). The second kappa shape index (κ2) is 33.8. The minimum absolute atomic E-state index is 0. The van der Waals surface area contributed by atoms with Gasteiger partial charge in [-0.1, -0.05) is 97.5 Å². The molecule has 9 nitrogen and oxygen atoms in total. The summed E-state index contributed by atoms with van der Waals surface area (Å²) in [6, 6.07) is 60.9. The maximum atomic E-state index is 10.7. The zero-order valence-electron chi connectivity index (χ0n) is 44.7. The Hall–Kier alpha value is -5.68. The number of aromatic nitrogens is 4. The maximum absolute atomic E-state index is 10.7. The van der Waals surface area contributed by atoms with Crippen molar-refractivity contribution in [2.75, 3.05) is 14.2 Å². The first-order valence-electron chi connectivity index (χ1n) is 23.6. The van der Waals surface area contributed by atoms with Crippen molar-refractivity contribution >= 4 is 53.0 Å². The number of halogens is 3. The van der Waals surface area contributed by atoms with E-state index in [0.717, 1.165) is 53.7 Å². The van der Waals surface area contributed by atoms with Gasteiger partial charge in [0.2, 0.25) is 0 Å². The molecule has 79 heavy (non-hydrogen) atoms. The zero-order chi connectivity index (χ0) is 56.1. The first kappa shape index (κ1) is 71.3. The number of benzene rings is 4. The van der Waals surface area contributed by atoms with Crippen LogP contribution in [0.5, 0.6) is 0 Å². The summed E-state index contributed by atoms with van der Waals surface area (Å²) < 4.78 is 61.5. The van der Waals surface area contributed by atoms with E-state index in [-0.39, 0.29) is 58.5 Å². The normalized spacial score (nSPS) is 10.6. The molecule has 2 radical (unpaired) electrons. The molecule has 10 aromatic rings. The average molecular weight is 1480 g/mol. The molecule has 0 aliphatic rings. The Kier molecular flexibility index (Phi) is 30.5. The van der Waals surface area contributed by atoms with Crippen LogP contribution in [0.15, 0.2) is 176 Å². The monoisotopic (exact) mass is 1480 g/mol. The fourth-order valence-electron chi connectivity index (χ4n) is 6.94. The van der Waals surface area contributed by atoms with E-state index in [2.05, 4.69) is 160 Å². The first-order chi connectivity index (χ1) is 36.1. The molecule has 0 saturated heterocycles. The van der Waals surface area contributed by atoms with Crippen LogP contribution in [0.4, 0.5) is 13.2 Å². The molecule has 0 atom stereocenters. The molecule has 0 bridgehead atoms. The summed E-state index contributed by atoms with van der Waals surface area (Å²) in [6.45, 7) is 17.7. The average Bonchev–Trinajstić information content (AvgIpc) is 4.01. The maximum Gasteiger partial charge on any atom is 0.485 e. The van der Waals surface area contributed by atoms with Crippen molar-refractivity contribution in [1.82, 2.24) is 19.9 Å². The molecule has 2 N–H and O–H groups in total. The Bertz CT molecular complexity index is 3110. The number of fused-ring (bicyclic) bond motifs is 2. The molecule has 0 spiro atoms. The number of pyridine rings is 4. The van der Waals surface area contributed by atoms with Gasteiger partial charge in [0.15, 0.2) is 10.1 Å². The Balaban J connectivity index is 0.000000497. The topological polar surface area (TPSA) is 149 Å². The number of aryl methyl sites for hydroxylation is 2. The van der Waals surface area contributed by atoms with E-state index >= 15 is 0 Å². The second-order valence-corrected chi connectivity index (χ2v) is 22.3. The van der Waals surface area contributed by atoms with E-state index in [1.165, 1.54) is 46.6 Å². The molecule has 0 unspecified atom stereocenters. The minimum atomic E-state index is -6.09. The van der Waals surface area contributed by atoms with E-state index in [1.54, 1.807) is 12.4 Å². The van der Waals surface area contributed by atoms with E-state index in [4.69, 9.17) is 23.2 Å². The van der Waals surface area contributed by atoms with Gasteiger partial charge in [0, 0.05) is 109 Å². The van der Waals surface area contributed by atoms with Gasteiger partial charge >= 0.3 is 5.51 Å². The standard InChI is InChI=1S/C18H19NS.C18H18NS.2C11H8N.CHF3O3S.2CH4O.CH4.2Ir/c2*1-12-11-15-16(20-12)9-10-19-17(15)13-5-7-14(8-6-13)18(2,3)4;2*1-2-6-10(7-3-1)11-8-4-5-9-12-11;2-1(3,4)8(5,6)7;2*1-2;;;/h5-11H,1-4H3;5,7-11H,1-4H3;2*1-6,8-9H;(H,5,6,7);2*2H,1H3;1H4;;/q;3*-1;;;;;;/p-1. The number of alkyl halides is 3. The number of hydrogen-bond donors (Lipinski definition) is 2. The fraction of sp³-hybridized carbons (Fsp3) is 0.226. The fourth-order valence-corrected chi connectivity index (χ4v) is 8.78. The molecule has 0 amide bonds. The first-order valence-corrected chi connectivity index (χ1v) is 26.6. The van der Waals surface area contributed by atoms with Gasteiger partial charge in [-0.2, -0.15) is 13.2 Å². The van der Waals surface area contributed by atoms with Crippen molar-refractivity contribution in [2.24, 2.45) is 0 Å². The molecule has 17 heteroatoms. The smallest absolute Gasteiger partial charge is 0.485 e. The van der Waals surface area contributed by atoms with Gasteiger partial charge in [-0.15, -0.1) is 130 Å². The summed E-state index contributed by atoms with van der Waals surface area (Å²) >= 11 is 3.64. The van der Waals surface area contributed by atoms with Gasteiger partial charge in [-0.3, -0.25) is 4.98 Å². The second-order valence-electron chi connectivity index (χ2n) is 18.3. The number of nitrogens with zero attached hydrogens (tertiary/aromatic N) is 4. The number of thiophene rings is 2. The zero-order valence-corrected chi connectivity index (χ0v) is 51.9. The predicted molar refractivity (Wildman–Crippen MR) is 312 cm³/mol. The minimum Gasteiger partial charge on any atom is -0.741 e. The van der Waals surface area contributed by atoms with Gasteiger partial charge in [-0.25, -0.2) is 8.42 Å². The molecule has 0 aliphatic heterocycles. The summed E-state index contributed by atoms with van der Waals surface area (Å²) in [5.41, 5.74) is 5.77. The van der Waals surface area contributed by atoms with Crippen LogP contribution < -0.4 is 0 Å². The quantitative estimate of drug-likeness (QED) is 0.0997. The van der Waals surface area contributed by atoms with Crippen LogP contribution >= 0.6 is 22.7 Å². The largest absolute Gasteiger partial charge is 0.741 e. The number of aliphatic hydroxyl groups excluding tert-OH is 2. The van der Waals surface area contributed by atoms with Gasteiger partial charge in [-0.05, 0) is 89.1 Å². The van der Waals surface area contributed by atoms with Gasteiger partial charge in [0.05, 0.1) is 5.69 Å². The predicted octanol–water partition coefficient (Wildman–Crippen LogP) is 15.9. The summed E-state index contributed by atoms with van der Waals surface area (Å²) in [5, 5.41) is 16.5. The van der Waals surface area contributed by atoms with Gasteiger partial charge in [0.25, 0.3) is 0 Å². The SMILES string of the molecule is C.CO.CO.Cc1cc2c(-c3[c-]cc(C(C)(C)C)cc3)nccc2s1.Cc1cc2c(-c3ccc(C(C)(C)C)cc3)nccc2s1.O=S(=O)([O-])C(F)(F)F.[Ir].[Ir].[c-]1ccccc1-c1ccccn1.[c-]1ccccc1-c1ccccn1. The van der Waals surface area contributed by atoms with Crippen molar-refractivity contribution in [3.8, 4) is 45.0 Å². The van der Waals surface area contributed by atoms with Crippen LogP contribution in [0.1, 0.15) is 69.9 Å². The van der Waals surface area contributed by atoms with Crippen molar-refractivity contribution < 1.29 is 76.6 Å². The third-order valence-electron chi connectivity index (χ3n) is 10.7. The number of rotatable bonds is 4. The molecular formula is C62H65F3Ir2N4O5S3-4. The van der Waals surface area contributed by atoms with Crippen molar-refractivity contribution in [3.63, 3.8) is 0 Å². The third-order valence-corrected chi connectivity index (χ3v) is 13.3. The Morgan fingerprint density at radius 1 is 0.506 bits per heavy atom. The van der Waals surface area contributed by atoms with Crippen LogP contribution in [-0.4, -0.2) is 62.8 Å². The molecule has 6 heterocycles. The van der Waals surface area contributed by atoms with E-state index in [9.17, 15) is 13.2 Å².